The highest BCUT2D eigenvalue weighted by Crippen LogP contribution is 2.16. The quantitative estimate of drug-likeness (QED) is 0.784. The molecule has 2 heterocycles. The molecule has 6 heteroatoms. The minimum Gasteiger partial charge on any atom is -0.330 e. The van der Waals surface area contributed by atoms with Gasteiger partial charge in [-0.2, -0.15) is 5.10 Å². The summed E-state index contributed by atoms with van der Waals surface area (Å²) in [5, 5.41) is 6.50. The van der Waals surface area contributed by atoms with E-state index in [1.807, 2.05) is 16.0 Å². The Bertz CT molecular complexity index is 719. The molecule has 4 nitrogen and oxygen atoms in total. The fourth-order valence-electron chi connectivity index (χ4n) is 2.14. The zero-order chi connectivity index (χ0) is 13.9. The maximum Gasteiger partial charge on any atom is 0.212 e. The zero-order valence-corrected chi connectivity index (χ0v) is 11.7. The summed E-state index contributed by atoms with van der Waals surface area (Å²) in [7, 11) is 0. The average Bonchev–Trinajstić information content (AvgIpc) is 3.00. The van der Waals surface area contributed by atoms with Gasteiger partial charge in [0.15, 0.2) is 5.82 Å². The second-order valence-electron chi connectivity index (χ2n) is 4.58. The molecule has 1 aromatic carbocycles. The molecular weight excluding hydrogens is 275 g/mol. The molecule has 0 saturated carbocycles. The summed E-state index contributed by atoms with van der Waals surface area (Å²) in [4.78, 5) is 5.34. The topological polar surface area (TPSA) is 56.2 Å². The zero-order valence-electron chi connectivity index (χ0n) is 10.9. The number of hydrogen-bond acceptors (Lipinski definition) is 4. The van der Waals surface area contributed by atoms with Gasteiger partial charge in [0.05, 0.1) is 5.69 Å². The number of fused-ring (bicyclic) bond motifs is 1. The van der Waals surface area contributed by atoms with Crippen LogP contribution in [0.4, 0.5) is 4.39 Å². The van der Waals surface area contributed by atoms with Crippen LogP contribution in [0.15, 0.2) is 29.6 Å². The van der Waals surface area contributed by atoms with E-state index >= 15 is 0 Å². The van der Waals surface area contributed by atoms with Crippen molar-refractivity contribution in [3.63, 3.8) is 0 Å². The van der Waals surface area contributed by atoms with Crippen LogP contribution in [0, 0.1) is 5.82 Å². The van der Waals surface area contributed by atoms with Crippen molar-refractivity contribution in [2.45, 2.75) is 19.3 Å². The summed E-state index contributed by atoms with van der Waals surface area (Å²) in [6.07, 6.45) is 2.03. The van der Waals surface area contributed by atoms with E-state index < -0.39 is 0 Å². The molecule has 0 fully saturated rings. The summed E-state index contributed by atoms with van der Waals surface area (Å²) in [6, 6.07) is 6.82. The van der Waals surface area contributed by atoms with Gasteiger partial charge in [-0.1, -0.05) is 18.2 Å². The first kappa shape index (κ1) is 13.2. The molecule has 2 aromatic heterocycles. The van der Waals surface area contributed by atoms with E-state index in [0.29, 0.717) is 24.9 Å². The molecule has 3 aromatic rings. The molecule has 104 valence electrons. The predicted octanol–water partition coefficient (Wildman–Crippen LogP) is 2.22. The van der Waals surface area contributed by atoms with Crippen LogP contribution in [0.1, 0.15) is 17.1 Å². The van der Waals surface area contributed by atoms with Crippen molar-refractivity contribution in [3.05, 3.63) is 52.5 Å². The van der Waals surface area contributed by atoms with E-state index in [9.17, 15) is 4.39 Å². The Balaban J connectivity index is 1.76. The molecule has 0 saturated heterocycles. The highest BCUT2D eigenvalue weighted by Gasteiger charge is 2.10. The lowest BCUT2D eigenvalue weighted by Gasteiger charge is -2.00. The van der Waals surface area contributed by atoms with Crippen molar-refractivity contribution < 1.29 is 4.39 Å². The molecule has 2 N–H and O–H groups in total. The van der Waals surface area contributed by atoms with Crippen LogP contribution in [-0.4, -0.2) is 21.1 Å². The summed E-state index contributed by atoms with van der Waals surface area (Å²) in [5.74, 6) is 0.579. The molecule has 20 heavy (non-hydrogen) atoms. The second kappa shape index (κ2) is 5.68. The van der Waals surface area contributed by atoms with Crippen molar-refractivity contribution in [3.8, 4) is 0 Å². The van der Waals surface area contributed by atoms with Gasteiger partial charge in [0.1, 0.15) is 5.82 Å². The predicted molar refractivity (Wildman–Crippen MR) is 77.4 cm³/mol. The second-order valence-corrected chi connectivity index (χ2v) is 5.42. The molecule has 0 spiro atoms. The van der Waals surface area contributed by atoms with Crippen molar-refractivity contribution in [2.24, 2.45) is 5.73 Å². The minimum absolute atomic E-state index is 0.169. The Labute approximate surface area is 120 Å². The molecule has 0 unspecified atom stereocenters. The molecule has 3 rings (SSSR count). The third-order valence-electron chi connectivity index (χ3n) is 3.17. The maximum absolute atomic E-state index is 13.5. The largest absolute Gasteiger partial charge is 0.330 e. The number of rotatable bonds is 5. The number of aryl methyl sites for hydroxylation is 2. The number of benzene rings is 1. The van der Waals surface area contributed by atoms with Gasteiger partial charge in [-0.05, 0) is 24.6 Å². The standard InChI is InChI=1S/C14H15FN4S/c15-12-4-2-1-3-10(12)5-6-13-17-14-19(18-13)11(7-8-16)9-20-14/h1-4,9H,5-8,16H2. The highest BCUT2D eigenvalue weighted by molar-refractivity contribution is 7.15. The fraction of sp³-hybridized carbons (Fsp3) is 0.286. The Hall–Kier alpha value is -1.79. The Morgan fingerprint density at radius 2 is 2.05 bits per heavy atom. The summed E-state index contributed by atoms with van der Waals surface area (Å²) in [6.45, 7) is 0.594. The Morgan fingerprint density at radius 1 is 1.20 bits per heavy atom. The normalized spacial score (nSPS) is 11.3. The molecule has 0 amide bonds. The molecular formula is C14H15FN4S. The van der Waals surface area contributed by atoms with E-state index in [1.54, 1.807) is 23.5 Å². The lowest BCUT2D eigenvalue weighted by molar-refractivity contribution is 0.607. The van der Waals surface area contributed by atoms with E-state index in [2.05, 4.69) is 10.1 Å². The van der Waals surface area contributed by atoms with E-state index in [1.165, 1.54) is 6.07 Å². The third-order valence-corrected chi connectivity index (χ3v) is 4.03. The molecule has 0 radical (unpaired) electrons. The van der Waals surface area contributed by atoms with Crippen LogP contribution in [0.2, 0.25) is 0 Å². The maximum atomic E-state index is 13.5. The van der Waals surface area contributed by atoms with Gasteiger partial charge in [0.2, 0.25) is 4.96 Å². The first-order chi connectivity index (χ1) is 9.78. The number of nitrogens with zero attached hydrogens (tertiary/aromatic N) is 3. The Morgan fingerprint density at radius 3 is 2.85 bits per heavy atom. The monoisotopic (exact) mass is 290 g/mol. The summed E-state index contributed by atoms with van der Waals surface area (Å²) < 4.78 is 15.4. The number of nitrogens with two attached hydrogens (primary N) is 1. The lowest BCUT2D eigenvalue weighted by Crippen LogP contribution is -2.05. The summed E-state index contributed by atoms with van der Waals surface area (Å²) >= 11 is 1.56. The van der Waals surface area contributed by atoms with E-state index in [0.717, 1.165) is 22.9 Å². The SMILES string of the molecule is NCCc1csc2nc(CCc3ccccc3F)nn12. The van der Waals surface area contributed by atoms with E-state index in [-0.39, 0.29) is 5.82 Å². The molecule has 0 aliphatic rings. The number of halogens is 1. The van der Waals surface area contributed by atoms with Gasteiger partial charge in [0.25, 0.3) is 0 Å². The van der Waals surface area contributed by atoms with Gasteiger partial charge in [-0.25, -0.2) is 13.9 Å². The average molecular weight is 290 g/mol. The van der Waals surface area contributed by atoms with Gasteiger partial charge in [0, 0.05) is 18.2 Å². The Kier molecular flexibility index (Phi) is 3.75. The van der Waals surface area contributed by atoms with E-state index in [4.69, 9.17) is 5.73 Å². The molecule has 0 aliphatic heterocycles. The van der Waals surface area contributed by atoms with Gasteiger partial charge in [-0.3, -0.25) is 0 Å². The number of thiazole rings is 1. The fourth-order valence-corrected chi connectivity index (χ4v) is 3.01. The number of aromatic nitrogens is 3. The van der Waals surface area contributed by atoms with Crippen molar-refractivity contribution in [2.75, 3.05) is 6.54 Å². The van der Waals surface area contributed by atoms with Crippen molar-refractivity contribution in [1.29, 1.82) is 0 Å². The number of hydrogen-bond donors (Lipinski definition) is 1. The van der Waals surface area contributed by atoms with Crippen LogP contribution < -0.4 is 5.73 Å². The van der Waals surface area contributed by atoms with Crippen LogP contribution >= 0.6 is 11.3 Å². The van der Waals surface area contributed by atoms with Crippen LogP contribution in [0.25, 0.3) is 4.96 Å². The van der Waals surface area contributed by atoms with Crippen molar-refractivity contribution in [1.82, 2.24) is 14.6 Å². The molecule has 0 atom stereocenters. The van der Waals surface area contributed by atoms with Gasteiger partial charge in [-0.15, -0.1) is 11.3 Å². The minimum atomic E-state index is -0.169. The van der Waals surface area contributed by atoms with Crippen molar-refractivity contribution >= 4 is 16.3 Å². The lowest BCUT2D eigenvalue weighted by atomic mass is 10.1. The first-order valence-corrected chi connectivity index (χ1v) is 7.41. The van der Waals surface area contributed by atoms with Crippen LogP contribution in [0.5, 0.6) is 0 Å². The summed E-state index contributed by atoms with van der Waals surface area (Å²) in [5.41, 5.74) is 7.35. The first-order valence-electron chi connectivity index (χ1n) is 6.53. The molecule has 0 aliphatic carbocycles. The van der Waals surface area contributed by atoms with Crippen LogP contribution in [0.3, 0.4) is 0 Å². The third kappa shape index (κ3) is 2.57. The van der Waals surface area contributed by atoms with Gasteiger partial charge >= 0.3 is 0 Å². The molecule has 0 bridgehead atoms. The van der Waals surface area contributed by atoms with Crippen LogP contribution in [-0.2, 0) is 19.3 Å². The van der Waals surface area contributed by atoms with Gasteiger partial charge < -0.3 is 5.73 Å². The smallest absolute Gasteiger partial charge is 0.212 e. The highest BCUT2D eigenvalue weighted by atomic mass is 32.1.